The molecule has 8 heteroatoms. The number of para-hydroxylation sites is 2. The Balaban J connectivity index is 1.28. The lowest BCUT2D eigenvalue weighted by Crippen LogP contribution is -2.46. The third-order valence-corrected chi connectivity index (χ3v) is 7.38. The van der Waals surface area contributed by atoms with Crippen molar-refractivity contribution >= 4 is 22.0 Å². The molecule has 0 aromatic heterocycles. The van der Waals surface area contributed by atoms with Crippen LogP contribution in [-0.2, 0) is 14.8 Å². The molecule has 2 aliphatic heterocycles. The molecular weight excluding hydrogens is 428 g/mol. The number of sulfonamides is 1. The van der Waals surface area contributed by atoms with E-state index in [-0.39, 0.29) is 17.9 Å². The van der Waals surface area contributed by atoms with Crippen molar-refractivity contribution in [1.82, 2.24) is 9.21 Å². The molecule has 4 rings (SSSR count). The van der Waals surface area contributed by atoms with E-state index in [1.54, 1.807) is 18.0 Å². The second kappa shape index (κ2) is 9.75. The Hall–Kier alpha value is -2.84. The number of likely N-dealkylation sites (N-methyl/N-ethyl adjacent to an activating group) is 1. The zero-order chi connectivity index (χ0) is 22.6. The number of nitrogens with zero attached hydrogens (tertiary/aromatic N) is 2. The van der Waals surface area contributed by atoms with Crippen LogP contribution in [-0.4, -0.2) is 62.9 Å². The Morgan fingerprint density at radius 2 is 1.72 bits per heavy atom. The highest BCUT2D eigenvalue weighted by atomic mass is 32.2. The highest BCUT2D eigenvalue weighted by molar-refractivity contribution is 7.92. The third kappa shape index (κ3) is 5.31. The van der Waals surface area contributed by atoms with Crippen molar-refractivity contribution in [3.05, 3.63) is 65.6 Å². The number of benzene rings is 2. The molecule has 0 saturated carbocycles. The molecule has 0 bridgehead atoms. The lowest BCUT2D eigenvalue weighted by atomic mass is 9.96. The predicted molar refractivity (Wildman–Crippen MR) is 123 cm³/mol. The van der Waals surface area contributed by atoms with Gasteiger partial charge < -0.3 is 14.4 Å². The third-order valence-electron chi connectivity index (χ3n) is 5.82. The van der Waals surface area contributed by atoms with E-state index in [4.69, 9.17) is 9.47 Å². The topological polar surface area (TPSA) is 76.2 Å². The largest absolute Gasteiger partial charge is 0.486 e. The maximum atomic E-state index is 12.9. The van der Waals surface area contributed by atoms with Gasteiger partial charge in [-0.15, -0.1) is 0 Å². The van der Waals surface area contributed by atoms with E-state index in [1.807, 2.05) is 54.6 Å². The first-order chi connectivity index (χ1) is 15.4. The minimum Gasteiger partial charge on any atom is -0.486 e. The smallest absolute Gasteiger partial charge is 0.236 e. The highest BCUT2D eigenvalue weighted by Gasteiger charge is 2.32. The van der Waals surface area contributed by atoms with Crippen molar-refractivity contribution < 1.29 is 22.7 Å². The van der Waals surface area contributed by atoms with Crippen molar-refractivity contribution in [3.8, 4) is 11.5 Å². The van der Waals surface area contributed by atoms with Crippen molar-refractivity contribution in [2.75, 3.05) is 33.3 Å². The summed E-state index contributed by atoms with van der Waals surface area (Å²) in [4.78, 5) is 14.6. The van der Waals surface area contributed by atoms with Gasteiger partial charge in [0.15, 0.2) is 17.6 Å². The number of fused-ring (bicyclic) bond motifs is 1. The summed E-state index contributed by atoms with van der Waals surface area (Å²) >= 11 is 0. The molecule has 32 heavy (non-hydrogen) atoms. The maximum Gasteiger partial charge on any atom is 0.236 e. The quantitative estimate of drug-likeness (QED) is 0.668. The predicted octanol–water partition coefficient (Wildman–Crippen LogP) is 3.00. The van der Waals surface area contributed by atoms with Gasteiger partial charge in [0.1, 0.15) is 6.61 Å². The molecule has 1 atom stereocenters. The second-order valence-corrected chi connectivity index (χ2v) is 9.97. The minimum absolute atomic E-state index is 0.0179. The lowest BCUT2D eigenvalue weighted by molar-refractivity contribution is -0.136. The van der Waals surface area contributed by atoms with Gasteiger partial charge in [-0.05, 0) is 36.6 Å². The summed E-state index contributed by atoms with van der Waals surface area (Å²) < 4.78 is 38.4. The number of piperidine rings is 1. The molecule has 2 aromatic rings. The number of hydrogen-bond acceptors (Lipinski definition) is 5. The van der Waals surface area contributed by atoms with Crippen molar-refractivity contribution in [2.45, 2.75) is 18.9 Å². The number of hydrogen-bond donors (Lipinski definition) is 0. The van der Waals surface area contributed by atoms with Gasteiger partial charge in [-0.2, -0.15) is 4.31 Å². The molecule has 2 aliphatic rings. The molecule has 0 unspecified atom stereocenters. The van der Waals surface area contributed by atoms with Gasteiger partial charge in [0.25, 0.3) is 0 Å². The normalized spacial score (nSPS) is 19.7. The fourth-order valence-electron chi connectivity index (χ4n) is 4.03. The Bertz CT molecular complexity index is 1060. The molecule has 0 aliphatic carbocycles. The van der Waals surface area contributed by atoms with Gasteiger partial charge in [-0.1, -0.05) is 42.5 Å². The monoisotopic (exact) mass is 456 g/mol. The Labute approximate surface area is 189 Å². The molecule has 1 amide bonds. The molecule has 1 fully saturated rings. The Morgan fingerprint density at radius 3 is 2.44 bits per heavy atom. The van der Waals surface area contributed by atoms with Crippen molar-refractivity contribution in [1.29, 1.82) is 0 Å². The molecule has 0 radical (unpaired) electrons. The number of rotatable bonds is 6. The van der Waals surface area contributed by atoms with Crippen molar-refractivity contribution in [2.24, 2.45) is 5.92 Å². The first-order valence-electron chi connectivity index (χ1n) is 10.8. The zero-order valence-electron chi connectivity index (χ0n) is 18.1. The summed E-state index contributed by atoms with van der Waals surface area (Å²) in [5.74, 6) is 1.23. The minimum atomic E-state index is -3.51. The van der Waals surface area contributed by atoms with Crippen LogP contribution in [0.2, 0.25) is 0 Å². The van der Waals surface area contributed by atoms with Crippen LogP contribution in [0.5, 0.6) is 11.5 Å². The fraction of sp³-hybridized carbons (Fsp3) is 0.375. The molecule has 7 nitrogen and oxygen atoms in total. The Morgan fingerprint density at radius 1 is 1.06 bits per heavy atom. The van der Waals surface area contributed by atoms with Crippen LogP contribution in [0.4, 0.5) is 0 Å². The van der Waals surface area contributed by atoms with Gasteiger partial charge in [0.05, 0.1) is 6.54 Å². The van der Waals surface area contributed by atoms with Crippen LogP contribution in [0, 0.1) is 5.92 Å². The van der Waals surface area contributed by atoms with Crippen LogP contribution >= 0.6 is 0 Å². The van der Waals surface area contributed by atoms with Crippen LogP contribution in [0.3, 0.4) is 0 Å². The fourth-order valence-corrected chi connectivity index (χ4v) is 5.25. The average molecular weight is 457 g/mol. The number of carbonyl (C=O) groups excluding carboxylic acids is 1. The number of carbonyl (C=O) groups is 1. The van der Waals surface area contributed by atoms with E-state index in [9.17, 15) is 13.2 Å². The molecule has 2 aromatic carbocycles. The summed E-state index contributed by atoms with van der Waals surface area (Å²) in [7, 11) is -1.75. The van der Waals surface area contributed by atoms with E-state index in [0.717, 1.165) is 5.56 Å². The second-order valence-electron chi connectivity index (χ2n) is 8.15. The number of amides is 1. The summed E-state index contributed by atoms with van der Waals surface area (Å²) in [6.45, 7) is 1.48. The first kappa shape index (κ1) is 22.4. The van der Waals surface area contributed by atoms with Gasteiger partial charge in [0, 0.05) is 31.5 Å². The average Bonchev–Trinajstić information content (AvgIpc) is 2.83. The molecule has 1 saturated heterocycles. The highest BCUT2D eigenvalue weighted by Crippen LogP contribution is 2.31. The van der Waals surface area contributed by atoms with Crippen molar-refractivity contribution in [3.63, 3.8) is 0 Å². The van der Waals surface area contributed by atoms with E-state index in [2.05, 4.69) is 0 Å². The SMILES string of the molecule is CN(C[C@@H]1COc2ccccc2O1)C(=O)C1CCN(S(=O)(=O)/C=C/c2ccccc2)CC1. The first-order valence-corrected chi connectivity index (χ1v) is 12.3. The van der Waals surface area contributed by atoms with E-state index in [0.29, 0.717) is 50.6 Å². The molecular formula is C24H28N2O5S. The number of ether oxygens (including phenoxy) is 2. The van der Waals surface area contributed by atoms with Crippen LogP contribution in [0.1, 0.15) is 18.4 Å². The van der Waals surface area contributed by atoms with Crippen LogP contribution in [0.15, 0.2) is 60.0 Å². The lowest BCUT2D eigenvalue weighted by Gasteiger charge is -2.34. The summed E-state index contributed by atoms with van der Waals surface area (Å²) in [5, 5.41) is 1.24. The van der Waals surface area contributed by atoms with E-state index >= 15 is 0 Å². The molecule has 170 valence electrons. The molecule has 2 heterocycles. The molecule has 0 N–H and O–H groups in total. The van der Waals surface area contributed by atoms with Gasteiger partial charge in [-0.25, -0.2) is 8.42 Å². The Kier molecular flexibility index (Phi) is 6.81. The van der Waals surface area contributed by atoms with Crippen LogP contribution in [0.25, 0.3) is 6.08 Å². The summed E-state index contributed by atoms with van der Waals surface area (Å²) in [6.07, 6.45) is 2.38. The summed E-state index contributed by atoms with van der Waals surface area (Å²) in [5.41, 5.74) is 0.833. The standard InChI is InChI=1S/C24H28N2O5S/c1-25(17-21-18-30-22-9-5-6-10-23(22)31-21)24(27)20-11-14-26(15-12-20)32(28,29)16-13-19-7-3-2-4-8-19/h2-10,13,16,20-21H,11-12,14-15,17-18H2,1H3/b16-13+/t21-/m1/s1. The zero-order valence-corrected chi connectivity index (χ0v) is 18.9. The van der Waals surface area contributed by atoms with Gasteiger partial charge in [-0.3, -0.25) is 4.79 Å². The van der Waals surface area contributed by atoms with E-state index < -0.39 is 10.0 Å². The maximum absolute atomic E-state index is 12.9. The van der Waals surface area contributed by atoms with Gasteiger partial charge in [0.2, 0.25) is 15.9 Å². The van der Waals surface area contributed by atoms with E-state index in [1.165, 1.54) is 9.71 Å². The van der Waals surface area contributed by atoms with Gasteiger partial charge >= 0.3 is 0 Å². The molecule has 0 spiro atoms. The summed E-state index contributed by atoms with van der Waals surface area (Å²) in [6, 6.07) is 16.8. The van der Waals surface area contributed by atoms with Crippen LogP contribution < -0.4 is 9.47 Å².